The van der Waals surface area contributed by atoms with Crippen LogP contribution in [0.15, 0.2) is 52.9 Å². The molecule has 6 N–H and O–H groups in total. The van der Waals surface area contributed by atoms with Crippen LogP contribution in [0.2, 0.25) is 0 Å². The van der Waals surface area contributed by atoms with Crippen molar-refractivity contribution in [1.29, 1.82) is 0 Å². The predicted octanol–water partition coefficient (Wildman–Crippen LogP) is 2.73. The van der Waals surface area contributed by atoms with E-state index in [0.29, 0.717) is 23.6 Å². The number of aliphatic imine (C=N–C) groups is 1. The fraction of sp³-hybridized carbons (Fsp3) is 0.520. The molecule has 1 heterocycles. The van der Waals surface area contributed by atoms with Gasteiger partial charge in [0.2, 0.25) is 0 Å². The van der Waals surface area contributed by atoms with Crippen molar-refractivity contribution in [3.8, 4) is 0 Å². The fourth-order valence-corrected chi connectivity index (χ4v) is 6.76. The van der Waals surface area contributed by atoms with Crippen molar-refractivity contribution >= 4 is 21.8 Å². The lowest BCUT2D eigenvalue weighted by Gasteiger charge is -2.52. The van der Waals surface area contributed by atoms with E-state index in [1.165, 1.54) is 12.1 Å². The highest BCUT2D eigenvalue weighted by Crippen LogP contribution is 2.61. The molecule has 188 valence electrons. The van der Waals surface area contributed by atoms with Crippen LogP contribution in [0, 0.1) is 5.82 Å². The van der Waals surface area contributed by atoms with Gasteiger partial charge in [-0.15, -0.1) is 0 Å². The lowest BCUT2D eigenvalue weighted by molar-refractivity contribution is -0.122. The number of nitrogens with two attached hydrogens (primary N) is 2. The Hall–Kier alpha value is -2.52. The minimum Gasteiger partial charge on any atom is -0.400 e. The number of amidine groups is 1. The summed E-state index contributed by atoms with van der Waals surface area (Å²) in [5, 5.41) is 13.1. The summed E-state index contributed by atoms with van der Waals surface area (Å²) in [4.78, 5) is 19.5. The number of carbonyl (C=O) groups is 1. The molecule has 1 fully saturated rings. The third kappa shape index (κ3) is 4.55. The van der Waals surface area contributed by atoms with Gasteiger partial charge < -0.3 is 26.8 Å². The van der Waals surface area contributed by atoms with Gasteiger partial charge in [-0.25, -0.2) is 14.4 Å². The van der Waals surface area contributed by atoms with Crippen LogP contribution in [0.3, 0.4) is 0 Å². The van der Waals surface area contributed by atoms with E-state index in [0.717, 1.165) is 24.8 Å². The standard InChI is InChI=1S/C25H38FN5O2S/c1-16(29-20(15-32)17-8-10-18(26)11-9-17)31-14-19(21(27)24(31,2)3)22(28)30-23(33)25(12-7-13-25)34(4,5)6/h8-11,20,29,32H,1,7,12-15,27H2,2-6H3,(H2,28,30,33). The van der Waals surface area contributed by atoms with Gasteiger partial charge >= 0.3 is 0 Å². The Balaban J connectivity index is 1.80. The summed E-state index contributed by atoms with van der Waals surface area (Å²) in [7, 11) is -1.14. The summed E-state index contributed by atoms with van der Waals surface area (Å²) < 4.78 is 12.9. The summed E-state index contributed by atoms with van der Waals surface area (Å²) in [5.41, 5.74) is 14.1. The van der Waals surface area contributed by atoms with Crippen molar-refractivity contribution in [2.45, 2.75) is 49.4 Å². The minimum atomic E-state index is -1.14. The molecule has 1 unspecified atom stereocenters. The molecule has 0 radical (unpaired) electrons. The third-order valence-electron chi connectivity index (χ3n) is 7.35. The van der Waals surface area contributed by atoms with Gasteiger partial charge in [0, 0.05) is 11.3 Å². The highest BCUT2D eigenvalue weighted by molar-refractivity contribution is 8.33. The lowest BCUT2D eigenvalue weighted by atomic mass is 9.83. The predicted molar refractivity (Wildman–Crippen MR) is 139 cm³/mol. The smallest absolute Gasteiger partial charge is 0.262 e. The van der Waals surface area contributed by atoms with E-state index in [9.17, 15) is 14.3 Å². The number of halogens is 1. The lowest BCUT2D eigenvalue weighted by Crippen LogP contribution is -2.48. The van der Waals surface area contributed by atoms with Gasteiger partial charge in [-0.1, -0.05) is 18.7 Å². The molecule has 3 rings (SSSR count). The number of hydrogen-bond donors (Lipinski definition) is 4. The molecule has 1 saturated carbocycles. The first-order valence-corrected chi connectivity index (χ1v) is 14.3. The van der Waals surface area contributed by atoms with Crippen molar-refractivity contribution < 1.29 is 14.3 Å². The molecule has 0 aromatic heterocycles. The number of nitrogens with zero attached hydrogens (tertiary/aromatic N) is 2. The molecule has 0 saturated heterocycles. The first-order valence-electron chi connectivity index (χ1n) is 11.4. The molecule has 9 heteroatoms. The Morgan fingerprint density at radius 1 is 1.29 bits per heavy atom. The van der Waals surface area contributed by atoms with Crippen LogP contribution in [0.5, 0.6) is 0 Å². The first-order chi connectivity index (χ1) is 15.7. The van der Waals surface area contributed by atoms with Gasteiger partial charge in [-0.2, -0.15) is 4.99 Å². The van der Waals surface area contributed by atoms with Crippen LogP contribution in [0.1, 0.15) is 44.7 Å². The molecule has 1 aromatic carbocycles. The molecule has 34 heavy (non-hydrogen) atoms. The topological polar surface area (TPSA) is 117 Å². The van der Waals surface area contributed by atoms with Gasteiger partial charge in [-0.05, 0) is 69.6 Å². The molecule has 0 spiro atoms. The highest BCUT2D eigenvalue weighted by atomic mass is 32.3. The number of hydrogen-bond acceptors (Lipinski definition) is 5. The summed E-state index contributed by atoms with van der Waals surface area (Å²) in [5.74, 6) is 0.185. The van der Waals surface area contributed by atoms with Crippen molar-refractivity contribution in [3.05, 3.63) is 59.3 Å². The molecule has 0 bridgehead atoms. The second kappa shape index (κ2) is 9.26. The van der Waals surface area contributed by atoms with Gasteiger partial charge in [0.1, 0.15) is 11.7 Å². The van der Waals surface area contributed by atoms with Gasteiger partial charge in [-0.3, -0.25) is 4.79 Å². The van der Waals surface area contributed by atoms with Crippen LogP contribution in [-0.4, -0.2) is 64.0 Å². The molecular weight excluding hydrogens is 453 g/mol. The summed E-state index contributed by atoms with van der Waals surface area (Å²) in [6.07, 6.45) is 9.18. The van der Waals surface area contributed by atoms with Crippen LogP contribution in [0.4, 0.5) is 4.39 Å². The molecule has 1 aliphatic heterocycles. The van der Waals surface area contributed by atoms with Crippen LogP contribution >= 0.6 is 10.0 Å². The third-order valence-corrected chi connectivity index (χ3v) is 10.3. The Kier molecular flexibility index (Phi) is 7.11. The number of amides is 1. The van der Waals surface area contributed by atoms with Crippen LogP contribution < -0.4 is 16.8 Å². The monoisotopic (exact) mass is 491 g/mol. The average Bonchev–Trinajstić information content (AvgIpc) is 2.94. The maximum absolute atomic E-state index is 13.3. The van der Waals surface area contributed by atoms with E-state index < -0.39 is 26.4 Å². The second-order valence-electron chi connectivity index (χ2n) is 10.4. The zero-order chi connectivity index (χ0) is 25.5. The van der Waals surface area contributed by atoms with Crippen molar-refractivity contribution in [2.75, 3.05) is 31.9 Å². The van der Waals surface area contributed by atoms with Crippen molar-refractivity contribution in [1.82, 2.24) is 10.2 Å². The van der Waals surface area contributed by atoms with Gasteiger partial charge in [0.15, 0.2) is 0 Å². The van der Waals surface area contributed by atoms with Gasteiger partial charge in [0.05, 0.1) is 35.3 Å². The Bertz CT molecular complexity index is 1020. The molecule has 2 aliphatic rings. The number of benzene rings is 1. The van der Waals surface area contributed by atoms with E-state index in [4.69, 9.17) is 11.5 Å². The average molecular weight is 492 g/mol. The zero-order valence-electron chi connectivity index (χ0n) is 20.8. The van der Waals surface area contributed by atoms with E-state index >= 15 is 0 Å². The van der Waals surface area contributed by atoms with Crippen LogP contribution in [-0.2, 0) is 4.79 Å². The number of aliphatic hydroxyl groups excluding tert-OH is 1. The molecule has 1 aromatic rings. The van der Waals surface area contributed by atoms with Gasteiger partial charge in [0.25, 0.3) is 5.91 Å². The van der Waals surface area contributed by atoms with Crippen LogP contribution in [0.25, 0.3) is 0 Å². The fourth-order valence-electron chi connectivity index (χ4n) is 4.68. The molecule has 7 nitrogen and oxygen atoms in total. The van der Waals surface area contributed by atoms with E-state index in [1.807, 2.05) is 18.7 Å². The normalized spacial score (nSPS) is 21.1. The van der Waals surface area contributed by atoms with E-state index in [2.05, 4.69) is 35.7 Å². The number of carbonyl (C=O) groups excluding carboxylic acids is 1. The maximum Gasteiger partial charge on any atom is 0.262 e. The summed E-state index contributed by atoms with van der Waals surface area (Å²) in [6, 6.07) is 5.46. The Labute approximate surface area is 203 Å². The largest absolute Gasteiger partial charge is 0.400 e. The molecule has 1 aliphatic carbocycles. The maximum atomic E-state index is 13.3. The summed E-state index contributed by atoms with van der Waals surface area (Å²) in [6.45, 7) is 8.15. The first kappa shape index (κ1) is 26.1. The number of nitrogens with one attached hydrogen (secondary N) is 1. The summed E-state index contributed by atoms with van der Waals surface area (Å²) >= 11 is 0. The Morgan fingerprint density at radius 3 is 2.35 bits per heavy atom. The van der Waals surface area contributed by atoms with E-state index in [1.54, 1.807) is 12.1 Å². The second-order valence-corrected chi connectivity index (χ2v) is 14.9. The zero-order valence-corrected chi connectivity index (χ0v) is 21.6. The molecule has 1 amide bonds. The number of aliphatic hydroxyl groups is 1. The molecular formula is C25H38FN5O2S. The highest BCUT2D eigenvalue weighted by Gasteiger charge is 2.51. The van der Waals surface area contributed by atoms with Crippen molar-refractivity contribution in [3.63, 3.8) is 0 Å². The quantitative estimate of drug-likeness (QED) is 0.328. The Morgan fingerprint density at radius 2 is 1.88 bits per heavy atom. The van der Waals surface area contributed by atoms with E-state index in [-0.39, 0.29) is 24.2 Å². The number of rotatable bonds is 8. The van der Waals surface area contributed by atoms with Crippen molar-refractivity contribution in [2.24, 2.45) is 16.5 Å². The molecule has 1 atom stereocenters. The minimum absolute atomic E-state index is 0.149. The SMILES string of the molecule is C=C(NC(CO)c1ccc(F)cc1)N1CC(C(N)=NC(=O)C2(S(C)(C)C)CCC2)=C(N)C1(C)C.